The lowest BCUT2D eigenvalue weighted by Crippen LogP contribution is -3.24. The lowest BCUT2D eigenvalue weighted by atomic mass is 10.5. The Kier molecular flexibility index (Phi) is 6.98. The Balaban J connectivity index is 4.37. The van der Waals surface area contributed by atoms with Gasteiger partial charge in [0.05, 0.1) is 26.3 Å². The standard InChI is InChI=1S/C8H20N2O4/c1-7(13)10(8(2)14)9(3-5-11)4-6-12/h7-8,11-14H,3-6H2,1-2H3/p+1. The molecular weight excluding hydrogens is 188 g/mol. The Morgan fingerprint density at radius 2 is 1.36 bits per heavy atom. The molecule has 2 atom stereocenters. The normalized spacial score (nSPS) is 18.2. The largest absolute Gasteiger partial charge is 0.395 e. The van der Waals surface area contributed by atoms with Crippen molar-refractivity contribution in [3.05, 3.63) is 0 Å². The molecule has 0 aliphatic rings. The van der Waals surface area contributed by atoms with Gasteiger partial charge < -0.3 is 20.4 Å². The molecule has 86 valence electrons. The van der Waals surface area contributed by atoms with Gasteiger partial charge >= 0.3 is 0 Å². The Labute approximate surface area is 84.0 Å². The van der Waals surface area contributed by atoms with Crippen molar-refractivity contribution in [2.24, 2.45) is 0 Å². The number of aliphatic hydroxyl groups is 4. The fourth-order valence-electron chi connectivity index (χ4n) is 1.49. The highest BCUT2D eigenvalue weighted by Gasteiger charge is 2.27. The maximum Gasteiger partial charge on any atom is 0.206 e. The van der Waals surface area contributed by atoms with E-state index in [0.717, 1.165) is 0 Å². The van der Waals surface area contributed by atoms with Gasteiger partial charge in [0.1, 0.15) is 0 Å². The summed E-state index contributed by atoms with van der Waals surface area (Å²) in [5, 5.41) is 38.4. The number of nitrogens with one attached hydrogen (secondary N) is 1. The maximum atomic E-state index is 9.40. The summed E-state index contributed by atoms with van der Waals surface area (Å²) in [6, 6.07) is 0. The topological polar surface area (TPSA) is 88.6 Å². The second kappa shape index (κ2) is 7.10. The third-order valence-electron chi connectivity index (χ3n) is 1.96. The molecule has 0 radical (unpaired) electrons. The molecule has 0 aromatic rings. The summed E-state index contributed by atoms with van der Waals surface area (Å²) < 4.78 is 0. The van der Waals surface area contributed by atoms with Crippen LogP contribution in [0.1, 0.15) is 13.8 Å². The van der Waals surface area contributed by atoms with E-state index in [1.54, 1.807) is 18.9 Å². The highest BCUT2D eigenvalue weighted by Crippen LogP contribution is 1.81. The average molecular weight is 209 g/mol. The zero-order valence-corrected chi connectivity index (χ0v) is 8.72. The first-order chi connectivity index (χ1) is 6.54. The summed E-state index contributed by atoms with van der Waals surface area (Å²) in [7, 11) is 0. The van der Waals surface area contributed by atoms with Crippen LogP contribution in [-0.2, 0) is 0 Å². The van der Waals surface area contributed by atoms with E-state index < -0.39 is 12.5 Å². The van der Waals surface area contributed by atoms with Crippen LogP contribution in [0.5, 0.6) is 0 Å². The van der Waals surface area contributed by atoms with Gasteiger partial charge in [-0.25, -0.2) is 5.01 Å². The predicted octanol–water partition coefficient (Wildman–Crippen LogP) is -3.25. The average Bonchev–Trinajstić information content (AvgIpc) is 2.03. The minimum atomic E-state index is -0.784. The van der Waals surface area contributed by atoms with Crippen LogP contribution >= 0.6 is 0 Å². The number of aliphatic hydroxyl groups excluding tert-OH is 4. The van der Waals surface area contributed by atoms with Crippen LogP contribution < -0.4 is 5.01 Å². The number of hydrogen-bond acceptors (Lipinski definition) is 5. The lowest BCUT2D eigenvalue weighted by Gasteiger charge is -2.33. The highest BCUT2D eigenvalue weighted by atomic mass is 16.3. The summed E-state index contributed by atoms with van der Waals surface area (Å²) in [5.74, 6) is 0. The molecule has 5 N–H and O–H groups in total. The first-order valence-electron chi connectivity index (χ1n) is 4.74. The second-order valence-electron chi connectivity index (χ2n) is 3.21. The molecule has 0 amide bonds. The van der Waals surface area contributed by atoms with Crippen LogP contribution in [0, 0.1) is 0 Å². The number of hydrogen-bond donors (Lipinski definition) is 5. The van der Waals surface area contributed by atoms with Crippen molar-refractivity contribution in [1.29, 1.82) is 0 Å². The zero-order chi connectivity index (χ0) is 11.1. The Morgan fingerprint density at radius 3 is 1.57 bits per heavy atom. The van der Waals surface area contributed by atoms with Gasteiger partial charge in [-0.1, -0.05) is 0 Å². The van der Waals surface area contributed by atoms with Gasteiger partial charge in [-0.2, -0.15) is 0 Å². The summed E-state index contributed by atoms with van der Waals surface area (Å²) in [4.78, 5) is 0. The van der Waals surface area contributed by atoms with E-state index in [1.165, 1.54) is 0 Å². The zero-order valence-electron chi connectivity index (χ0n) is 8.72. The molecule has 14 heavy (non-hydrogen) atoms. The van der Waals surface area contributed by atoms with Crippen molar-refractivity contribution in [1.82, 2.24) is 5.01 Å². The number of rotatable bonds is 7. The molecule has 0 spiro atoms. The Bertz CT molecular complexity index is 129. The Hall–Kier alpha value is -0.240. The number of nitrogens with zero attached hydrogens (tertiary/aromatic N) is 1. The minimum Gasteiger partial charge on any atom is -0.395 e. The van der Waals surface area contributed by atoms with Crippen LogP contribution in [0.2, 0.25) is 0 Å². The van der Waals surface area contributed by atoms with E-state index in [9.17, 15) is 10.2 Å². The third kappa shape index (κ3) is 4.32. The summed E-state index contributed by atoms with van der Waals surface area (Å²) in [6.07, 6.45) is -1.57. The molecule has 0 aromatic heterocycles. The van der Waals surface area contributed by atoms with Crippen molar-refractivity contribution in [2.45, 2.75) is 26.3 Å². The van der Waals surface area contributed by atoms with Gasteiger partial charge in [-0.05, 0) is 0 Å². The van der Waals surface area contributed by atoms with Gasteiger partial charge in [-0.15, -0.1) is 5.01 Å². The maximum absolute atomic E-state index is 9.40. The van der Waals surface area contributed by atoms with Crippen LogP contribution in [0.4, 0.5) is 0 Å². The van der Waals surface area contributed by atoms with Crippen molar-refractivity contribution < 1.29 is 25.4 Å². The van der Waals surface area contributed by atoms with Gasteiger partial charge in [-0.3, -0.25) is 0 Å². The second-order valence-corrected chi connectivity index (χ2v) is 3.21. The van der Waals surface area contributed by atoms with Crippen molar-refractivity contribution in [3.8, 4) is 0 Å². The predicted molar refractivity (Wildman–Crippen MR) is 50.1 cm³/mol. The molecule has 6 heteroatoms. The smallest absolute Gasteiger partial charge is 0.206 e. The molecule has 2 unspecified atom stereocenters. The molecule has 0 saturated heterocycles. The van der Waals surface area contributed by atoms with Crippen molar-refractivity contribution >= 4 is 0 Å². The quantitative estimate of drug-likeness (QED) is 0.224. The Morgan fingerprint density at radius 1 is 1.00 bits per heavy atom. The van der Waals surface area contributed by atoms with E-state index in [4.69, 9.17) is 10.2 Å². The lowest BCUT2D eigenvalue weighted by molar-refractivity contribution is -1.09. The molecule has 0 heterocycles. The highest BCUT2D eigenvalue weighted by molar-refractivity contribution is 4.43. The fourth-order valence-corrected chi connectivity index (χ4v) is 1.49. The third-order valence-corrected chi connectivity index (χ3v) is 1.96. The summed E-state index contributed by atoms with van der Waals surface area (Å²) in [6.45, 7) is 3.52. The summed E-state index contributed by atoms with van der Waals surface area (Å²) >= 11 is 0. The molecule has 0 aromatic carbocycles. The molecule has 6 nitrogen and oxygen atoms in total. The van der Waals surface area contributed by atoms with Crippen LogP contribution in [0.25, 0.3) is 0 Å². The molecule has 0 bridgehead atoms. The summed E-state index contributed by atoms with van der Waals surface area (Å²) in [5.41, 5.74) is 0. The van der Waals surface area contributed by atoms with Gasteiger partial charge in [0.15, 0.2) is 0 Å². The fraction of sp³-hybridized carbons (Fsp3) is 1.00. The first kappa shape index (κ1) is 13.8. The molecule has 0 aliphatic heterocycles. The van der Waals surface area contributed by atoms with E-state index in [0.29, 0.717) is 18.1 Å². The van der Waals surface area contributed by atoms with Crippen molar-refractivity contribution in [3.63, 3.8) is 0 Å². The van der Waals surface area contributed by atoms with E-state index in [-0.39, 0.29) is 13.2 Å². The first-order valence-corrected chi connectivity index (χ1v) is 4.74. The van der Waals surface area contributed by atoms with E-state index in [2.05, 4.69) is 0 Å². The molecule has 0 fully saturated rings. The van der Waals surface area contributed by atoms with Crippen LogP contribution in [-0.4, -0.2) is 64.2 Å². The van der Waals surface area contributed by atoms with E-state index >= 15 is 0 Å². The molecule has 0 saturated carbocycles. The molecule has 0 aliphatic carbocycles. The van der Waals surface area contributed by atoms with Crippen LogP contribution in [0.3, 0.4) is 0 Å². The molecular formula is C8H21N2O4+. The monoisotopic (exact) mass is 209 g/mol. The molecule has 0 rings (SSSR count). The van der Waals surface area contributed by atoms with Gasteiger partial charge in [0, 0.05) is 13.8 Å². The van der Waals surface area contributed by atoms with Crippen LogP contribution in [0.15, 0.2) is 0 Å². The van der Waals surface area contributed by atoms with Crippen molar-refractivity contribution in [2.75, 3.05) is 26.3 Å². The van der Waals surface area contributed by atoms with Gasteiger partial charge in [0.25, 0.3) is 0 Å². The SMILES string of the molecule is CC(O)[NH+](C(C)O)N(CCO)CCO. The number of quaternary nitrogens is 1. The van der Waals surface area contributed by atoms with E-state index in [1.807, 2.05) is 0 Å². The minimum absolute atomic E-state index is 0.0804. The van der Waals surface area contributed by atoms with Gasteiger partial charge in [0.2, 0.25) is 12.5 Å².